The predicted octanol–water partition coefficient (Wildman–Crippen LogP) is -5.02. The molecule has 9 N–H and O–H groups in total. The highest BCUT2D eigenvalue weighted by atomic mass is 16.4. The van der Waals surface area contributed by atoms with Crippen molar-refractivity contribution < 1.29 is 34.2 Å². The van der Waals surface area contributed by atoms with Gasteiger partial charge in [0.2, 0.25) is 23.6 Å². The van der Waals surface area contributed by atoms with Gasteiger partial charge in [0.15, 0.2) is 0 Å². The Labute approximate surface area is 130 Å². The van der Waals surface area contributed by atoms with Gasteiger partial charge in [-0.15, -0.1) is 0 Å². The molecule has 0 bridgehead atoms. The molecule has 4 amide bonds. The largest absolute Gasteiger partial charge is 0.480 e. The Kier molecular flexibility index (Phi) is 8.88. The van der Waals surface area contributed by atoms with Crippen LogP contribution >= 0.6 is 0 Å². The predicted molar refractivity (Wildman–Crippen MR) is 74.5 cm³/mol. The number of amides is 4. The normalized spacial score (nSPS) is 12.6. The maximum atomic E-state index is 11.8. The summed E-state index contributed by atoms with van der Waals surface area (Å²) in [5, 5.41) is 23.3. The van der Waals surface area contributed by atoms with E-state index in [1.807, 2.05) is 5.32 Å². The quantitative estimate of drug-likeness (QED) is 0.205. The number of carbonyl (C=O) groups excluding carboxylic acids is 4. The lowest BCUT2D eigenvalue weighted by Gasteiger charge is -2.18. The first-order valence-corrected chi connectivity index (χ1v) is 6.38. The average Bonchev–Trinajstić information content (AvgIpc) is 2.48. The van der Waals surface area contributed by atoms with Crippen LogP contribution in [0.15, 0.2) is 0 Å². The molecule has 0 radical (unpaired) electrons. The van der Waals surface area contributed by atoms with Crippen LogP contribution in [-0.4, -0.2) is 71.6 Å². The van der Waals surface area contributed by atoms with Crippen LogP contribution in [-0.2, 0) is 24.0 Å². The number of aliphatic carboxylic acids is 1. The van der Waals surface area contributed by atoms with Gasteiger partial charge in [0.1, 0.15) is 18.6 Å². The lowest BCUT2D eigenvalue weighted by molar-refractivity contribution is -0.138. The lowest BCUT2D eigenvalue weighted by atomic mass is 10.1. The van der Waals surface area contributed by atoms with Gasteiger partial charge in [-0.3, -0.25) is 24.0 Å². The van der Waals surface area contributed by atoms with E-state index in [1.54, 1.807) is 0 Å². The number of nitrogens with one attached hydrogen (secondary N) is 3. The van der Waals surface area contributed by atoms with Gasteiger partial charge in [-0.25, -0.2) is 0 Å². The van der Waals surface area contributed by atoms with Crippen LogP contribution in [0.2, 0.25) is 0 Å². The second-order valence-corrected chi connectivity index (χ2v) is 4.41. The minimum Gasteiger partial charge on any atom is -0.480 e. The summed E-state index contributed by atoms with van der Waals surface area (Å²) in [4.78, 5) is 55.8. The second-order valence-electron chi connectivity index (χ2n) is 4.41. The average molecular weight is 333 g/mol. The molecule has 2 unspecified atom stereocenters. The maximum absolute atomic E-state index is 11.8. The standard InChI is InChI=1S/C11H19N5O7/c12-5(4-17)10(22)16-6(1-7(13)18)11(23)15-2-8(19)14-3-9(20)21/h5-6,17H,1-4,12H2,(H2,13,18)(H,14,19)(H,15,23)(H,16,22)(H,20,21). The SMILES string of the molecule is NC(=O)CC(NC(=O)C(N)CO)C(=O)NCC(=O)NCC(=O)O. The van der Waals surface area contributed by atoms with E-state index in [0.29, 0.717) is 0 Å². The Morgan fingerprint density at radius 2 is 1.61 bits per heavy atom. The third-order valence-electron chi connectivity index (χ3n) is 2.43. The number of carbonyl (C=O) groups is 5. The monoisotopic (exact) mass is 333 g/mol. The van der Waals surface area contributed by atoms with Crippen molar-refractivity contribution in [2.45, 2.75) is 18.5 Å². The zero-order chi connectivity index (χ0) is 18.0. The first-order valence-electron chi connectivity index (χ1n) is 6.38. The highest BCUT2D eigenvalue weighted by Gasteiger charge is 2.25. The van der Waals surface area contributed by atoms with E-state index >= 15 is 0 Å². The number of primary amides is 1. The molecule has 0 aliphatic carbocycles. The molecular formula is C11H19N5O7. The van der Waals surface area contributed by atoms with Gasteiger partial charge in [0.05, 0.1) is 19.6 Å². The number of aliphatic hydroxyl groups is 1. The molecule has 0 aliphatic rings. The molecule has 0 aliphatic heterocycles. The van der Waals surface area contributed by atoms with Gasteiger partial charge in [0.25, 0.3) is 0 Å². The highest BCUT2D eigenvalue weighted by molar-refractivity contribution is 5.94. The Hall–Kier alpha value is -2.73. The number of rotatable bonds is 10. The van der Waals surface area contributed by atoms with Gasteiger partial charge in [-0.05, 0) is 0 Å². The number of hydrogen-bond acceptors (Lipinski definition) is 7. The molecule has 23 heavy (non-hydrogen) atoms. The van der Waals surface area contributed by atoms with Crippen molar-refractivity contribution in [3.8, 4) is 0 Å². The number of hydrogen-bond donors (Lipinski definition) is 7. The molecule has 0 saturated carbocycles. The fourth-order valence-electron chi connectivity index (χ4n) is 1.30. The Balaban J connectivity index is 4.57. The van der Waals surface area contributed by atoms with E-state index in [1.165, 1.54) is 0 Å². The first kappa shape index (κ1) is 20.3. The van der Waals surface area contributed by atoms with Crippen LogP contribution in [0.1, 0.15) is 6.42 Å². The third-order valence-corrected chi connectivity index (χ3v) is 2.43. The van der Waals surface area contributed by atoms with Crippen LogP contribution in [0.3, 0.4) is 0 Å². The summed E-state index contributed by atoms with van der Waals surface area (Å²) in [7, 11) is 0. The molecule has 0 aromatic rings. The van der Waals surface area contributed by atoms with Gasteiger partial charge in [-0.2, -0.15) is 0 Å². The molecule has 12 nitrogen and oxygen atoms in total. The Bertz CT molecular complexity index is 481. The Morgan fingerprint density at radius 3 is 2.09 bits per heavy atom. The van der Waals surface area contributed by atoms with E-state index in [4.69, 9.17) is 21.7 Å². The molecule has 0 aromatic heterocycles. The van der Waals surface area contributed by atoms with Crippen LogP contribution in [0.4, 0.5) is 0 Å². The third kappa shape index (κ3) is 9.00. The fourth-order valence-corrected chi connectivity index (χ4v) is 1.30. The van der Waals surface area contributed by atoms with E-state index in [-0.39, 0.29) is 0 Å². The highest BCUT2D eigenvalue weighted by Crippen LogP contribution is 1.93. The van der Waals surface area contributed by atoms with E-state index < -0.39 is 67.8 Å². The molecule has 0 saturated heterocycles. The minimum atomic E-state index is -1.38. The van der Waals surface area contributed by atoms with Crippen molar-refractivity contribution in [1.29, 1.82) is 0 Å². The summed E-state index contributed by atoms with van der Waals surface area (Å²) < 4.78 is 0. The summed E-state index contributed by atoms with van der Waals surface area (Å²) in [5.41, 5.74) is 10.2. The van der Waals surface area contributed by atoms with Crippen LogP contribution in [0.5, 0.6) is 0 Å². The lowest BCUT2D eigenvalue weighted by Crippen LogP contribution is -2.54. The molecule has 130 valence electrons. The van der Waals surface area contributed by atoms with Crippen molar-refractivity contribution in [1.82, 2.24) is 16.0 Å². The topological polar surface area (TPSA) is 214 Å². The molecular weight excluding hydrogens is 314 g/mol. The minimum absolute atomic E-state index is 0.549. The number of carboxylic acids is 1. The summed E-state index contributed by atoms with van der Waals surface area (Å²) >= 11 is 0. The van der Waals surface area contributed by atoms with E-state index in [9.17, 15) is 24.0 Å². The first-order chi connectivity index (χ1) is 10.7. The van der Waals surface area contributed by atoms with Gasteiger partial charge >= 0.3 is 5.97 Å². The van der Waals surface area contributed by atoms with Gasteiger partial charge < -0.3 is 37.6 Å². The summed E-state index contributed by atoms with van der Waals surface area (Å²) in [6, 6.07) is -2.68. The van der Waals surface area contributed by atoms with Gasteiger partial charge in [-0.1, -0.05) is 0 Å². The van der Waals surface area contributed by atoms with Crippen LogP contribution in [0.25, 0.3) is 0 Å². The van der Waals surface area contributed by atoms with Crippen molar-refractivity contribution in [2.24, 2.45) is 11.5 Å². The second kappa shape index (κ2) is 10.1. The smallest absolute Gasteiger partial charge is 0.322 e. The van der Waals surface area contributed by atoms with E-state index in [2.05, 4.69) is 10.6 Å². The van der Waals surface area contributed by atoms with Crippen molar-refractivity contribution in [2.75, 3.05) is 19.7 Å². The molecule has 12 heteroatoms. The molecule has 0 fully saturated rings. The van der Waals surface area contributed by atoms with Crippen molar-refractivity contribution in [3.05, 3.63) is 0 Å². The summed E-state index contributed by atoms with van der Waals surface area (Å²) in [6.45, 7) is -1.86. The van der Waals surface area contributed by atoms with Crippen LogP contribution in [0, 0.1) is 0 Å². The maximum Gasteiger partial charge on any atom is 0.322 e. The summed E-state index contributed by atoms with van der Waals surface area (Å²) in [6.07, 6.45) is -0.549. The van der Waals surface area contributed by atoms with Crippen LogP contribution < -0.4 is 27.4 Å². The molecule has 0 heterocycles. The van der Waals surface area contributed by atoms with E-state index in [0.717, 1.165) is 0 Å². The number of aliphatic hydroxyl groups excluding tert-OH is 1. The molecule has 0 aromatic carbocycles. The van der Waals surface area contributed by atoms with Crippen molar-refractivity contribution >= 4 is 29.6 Å². The van der Waals surface area contributed by atoms with Crippen molar-refractivity contribution in [3.63, 3.8) is 0 Å². The fraction of sp³-hybridized carbons (Fsp3) is 0.545. The molecule has 2 atom stereocenters. The molecule has 0 rings (SSSR count). The summed E-state index contributed by atoms with van der Waals surface area (Å²) in [5.74, 6) is -4.71. The number of nitrogens with two attached hydrogens (primary N) is 2. The zero-order valence-corrected chi connectivity index (χ0v) is 12.1. The molecule has 0 spiro atoms. The number of carboxylic acid groups (broad SMARTS) is 1. The zero-order valence-electron chi connectivity index (χ0n) is 12.1. The van der Waals surface area contributed by atoms with Gasteiger partial charge in [0, 0.05) is 0 Å². The Morgan fingerprint density at radius 1 is 1.00 bits per heavy atom.